The van der Waals surface area contributed by atoms with Crippen LogP contribution in [0.3, 0.4) is 0 Å². The monoisotopic (exact) mass is 465 g/mol. The second-order valence-corrected chi connectivity index (χ2v) is 8.92. The van der Waals surface area contributed by atoms with Gasteiger partial charge in [0.15, 0.2) is 0 Å². The van der Waals surface area contributed by atoms with Crippen LogP contribution in [0.4, 0.5) is 5.82 Å². The van der Waals surface area contributed by atoms with Gasteiger partial charge in [0.2, 0.25) is 5.91 Å². The third kappa shape index (κ3) is 3.86. The van der Waals surface area contributed by atoms with E-state index in [4.69, 9.17) is 0 Å². The fourth-order valence-electron chi connectivity index (χ4n) is 4.47. The van der Waals surface area contributed by atoms with Crippen molar-refractivity contribution in [3.8, 4) is 5.82 Å². The number of carbonyl (C=O) groups excluding carboxylic acids is 1. The Kier molecular flexibility index (Phi) is 5.29. The van der Waals surface area contributed by atoms with Crippen LogP contribution in [0, 0.1) is 5.92 Å². The summed E-state index contributed by atoms with van der Waals surface area (Å²) in [6.07, 6.45) is 8.24. The predicted molar refractivity (Wildman–Crippen MR) is 120 cm³/mol. The van der Waals surface area contributed by atoms with Crippen LogP contribution >= 0.6 is 15.9 Å². The molecule has 1 saturated heterocycles. The first-order chi connectivity index (χ1) is 14.7. The maximum Gasteiger partial charge on any atom is 0.226 e. The van der Waals surface area contributed by atoms with Gasteiger partial charge in [0.05, 0.1) is 0 Å². The molecule has 0 radical (unpaired) electrons. The van der Waals surface area contributed by atoms with Gasteiger partial charge in [-0.05, 0) is 54.7 Å². The molecule has 1 fully saturated rings. The lowest BCUT2D eigenvalue weighted by molar-refractivity contribution is -0.137. The number of carbonyl (C=O) groups is 1. The van der Waals surface area contributed by atoms with E-state index in [1.54, 1.807) is 6.33 Å². The zero-order chi connectivity index (χ0) is 20.5. The Morgan fingerprint density at radius 1 is 0.967 bits per heavy atom. The number of aromatic nitrogens is 3. The highest BCUT2D eigenvalue weighted by atomic mass is 79.9. The summed E-state index contributed by atoms with van der Waals surface area (Å²) < 4.78 is 3.06. The quantitative estimate of drug-likeness (QED) is 0.589. The van der Waals surface area contributed by atoms with Crippen LogP contribution in [-0.2, 0) is 17.8 Å². The summed E-state index contributed by atoms with van der Waals surface area (Å²) in [6, 6.07) is 12.4. The standard InChI is InChI=1S/C23H24BrN5O/c24-20-4-3-17-5-12-29(15-19(17)13-20)23(30)18-6-10-28(11-7-18)22-14-21(25-16-26-22)27-8-1-2-9-27/h1-4,8-9,13-14,16,18H,5-7,10-12,15H2. The Morgan fingerprint density at radius 3 is 2.53 bits per heavy atom. The fraction of sp³-hybridized carbons (Fsp3) is 0.348. The van der Waals surface area contributed by atoms with Crippen LogP contribution in [0.2, 0.25) is 0 Å². The van der Waals surface area contributed by atoms with Crippen LogP contribution in [0.15, 0.2) is 59.6 Å². The zero-order valence-corrected chi connectivity index (χ0v) is 18.3. The van der Waals surface area contributed by atoms with Crippen LogP contribution < -0.4 is 4.90 Å². The molecule has 6 nitrogen and oxygen atoms in total. The Labute approximate surface area is 184 Å². The van der Waals surface area contributed by atoms with Gasteiger partial charge in [-0.15, -0.1) is 0 Å². The number of anilines is 1. The van der Waals surface area contributed by atoms with Crippen LogP contribution in [0.1, 0.15) is 24.0 Å². The number of amides is 1. The predicted octanol–water partition coefficient (Wildman–Crippen LogP) is 3.83. The molecular formula is C23H24BrN5O. The zero-order valence-electron chi connectivity index (χ0n) is 16.7. The van der Waals surface area contributed by atoms with Crippen molar-refractivity contribution >= 4 is 27.7 Å². The first-order valence-electron chi connectivity index (χ1n) is 10.4. The van der Waals surface area contributed by atoms with Crippen LogP contribution in [0.25, 0.3) is 5.82 Å². The number of hydrogen-bond acceptors (Lipinski definition) is 4. The number of halogens is 1. The van der Waals surface area contributed by atoms with Crippen LogP contribution in [-0.4, -0.2) is 45.0 Å². The van der Waals surface area contributed by atoms with Gasteiger partial charge in [-0.25, -0.2) is 9.97 Å². The molecule has 0 saturated carbocycles. The van der Waals surface area contributed by atoms with Crippen molar-refractivity contribution < 1.29 is 4.79 Å². The maximum absolute atomic E-state index is 13.2. The van der Waals surface area contributed by atoms with Crippen molar-refractivity contribution in [2.24, 2.45) is 5.92 Å². The van der Waals surface area contributed by atoms with Crippen molar-refractivity contribution in [2.45, 2.75) is 25.8 Å². The molecule has 0 atom stereocenters. The van der Waals surface area contributed by atoms with Gasteiger partial charge in [-0.3, -0.25) is 4.79 Å². The Morgan fingerprint density at radius 2 is 1.73 bits per heavy atom. The summed E-state index contributed by atoms with van der Waals surface area (Å²) in [5.41, 5.74) is 2.62. The molecule has 4 heterocycles. The van der Waals surface area contributed by atoms with E-state index in [0.29, 0.717) is 5.91 Å². The molecule has 154 valence electrons. The molecule has 2 aliphatic heterocycles. The number of nitrogens with zero attached hydrogens (tertiary/aromatic N) is 5. The van der Waals surface area contributed by atoms with Gasteiger partial charge in [-0.2, -0.15) is 0 Å². The van der Waals surface area contributed by atoms with Crippen LogP contribution in [0.5, 0.6) is 0 Å². The molecule has 1 amide bonds. The molecule has 0 aliphatic carbocycles. The second kappa shape index (κ2) is 8.22. The SMILES string of the molecule is O=C(C1CCN(c2cc(-n3cccc3)ncn2)CC1)N1CCc2ccc(Br)cc2C1. The number of benzene rings is 1. The molecule has 2 aliphatic rings. The van der Waals surface area contributed by atoms with Gasteiger partial charge in [0.25, 0.3) is 0 Å². The van der Waals surface area contributed by atoms with Crippen molar-refractivity contribution in [3.05, 3.63) is 70.7 Å². The fourth-order valence-corrected chi connectivity index (χ4v) is 4.87. The molecule has 0 unspecified atom stereocenters. The lowest BCUT2D eigenvalue weighted by Crippen LogP contribution is -2.44. The summed E-state index contributed by atoms with van der Waals surface area (Å²) in [4.78, 5) is 26.3. The summed E-state index contributed by atoms with van der Waals surface area (Å²) in [5.74, 6) is 2.19. The second-order valence-electron chi connectivity index (χ2n) is 8.01. The Bertz CT molecular complexity index is 1040. The lowest BCUT2D eigenvalue weighted by Gasteiger charge is -2.36. The molecular weight excluding hydrogens is 442 g/mol. The topological polar surface area (TPSA) is 54.3 Å². The molecule has 0 bridgehead atoms. The Hall–Kier alpha value is -2.67. The molecule has 1 aromatic carbocycles. The smallest absolute Gasteiger partial charge is 0.226 e. The Balaban J connectivity index is 1.22. The lowest BCUT2D eigenvalue weighted by atomic mass is 9.93. The van der Waals surface area contributed by atoms with E-state index in [1.165, 1.54) is 11.1 Å². The minimum Gasteiger partial charge on any atom is -0.356 e. The first kappa shape index (κ1) is 19.3. The summed E-state index contributed by atoms with van der Waals surface area (Å²) in [7, 11) is 0. The number of fused-ring (bicyclic) bond motifs is 1. The molecule has 2 aromatic heterocycles. The van der Waals surface area contributed by atoms with E-state index < -0.39 is 0 Å². The molecule has 7 heteroatoms. The molecule has 5 rings (SSSR count). The third-order valence-corrected chi connectivity index (χ3v) is 6.66. The molecule has 3 aromatic rings. The van der Waals surface area contributed by atoms with Gasteiger partial charge in [0, 0.05) is 55.0 Å². The highest BCUT2D eigenvalue weighted by Crippen LogP contribution is 2.28. The largest absolute Gasteiger partial charge is 0.356 e. The number of piperidine rings is 1. The van der Waals surface area contributed by atoms with Gasteiger partial charge in [-0.1, -0.05) is 22.0 Å². The minimum absolute atomic E-state index is 0.0979. The molecule has 0 spiro atoms. The van der Waals surface area contributed by atoms with E-state index in [2.05, 4.69) is 49.0 Å². The summed E-state index contributed by atoms with van der Waals surface area (Å²) >= 11 is 3.55. The summed E-state index contributed by atoms with van der Waals surface area (Å²) in [6.45, 7) is 3.23. The molecule has 0 N–H and O–H groups in total. The first-order valence-corrected chi connectivity index (χ1v) is 11.2. The van der Waals surface area contributed by atoms with Gasteiger partial charge < -0.3 is 14.4 Å². The van der Waals surface area contributed by atoms with E-state index in [9.17, 15) is 4.79 Å². The average Bonchev–Trinajstić information content (AvgIpc) is 3.33. The van der Waals surface area contributed by atoms with E-state index in [-0.39, 0.29) is 5.92 Å². The number of rotatable bonds is 3. The van der Waals surface area contributed by atoms with Crippen molar-refractivity contribution in [1.82, 2.24) is 19.4 Å². The van der Waals surface area contributed by atoms with Crippen molar-refractivity contribution in [2.75, 3.05) is 24.5 Å². The maximum atomic E-state index is 13.2. The average molecular weight is 466 g/mol. The third-order valence-electron chi connectivity index (χ3n) is 6.17. The molecule has 30 heavy (non-hydrogen) atoms. The highest BCUT2D eigenvalue weighted by Gasteiger charge is 2.30. The highest BCUT2D eigenvalue weighted by molar-refractivity contribution is 9.10. The minimum atomic E-state index is 0.0979. The summed E-state index contributed by atoms with van der Waals surface area (Å²) in [5, 5.41) is 0. The van der Waals surface area contributed by atoms with E-state index >= 15 is 0 Å². The van der Waals surface area contributed by atoms with E-state index in [1.807, 2.05) is 40.1 Å². The van der Waals surface area contributed by atoms with Gasteiger partial charge >= 0.3 is 0 Å². The van der Waals surface area contributed by atoms with Gasteiger partial charge in [0.1, 0.15) is 18.0 Å². The normalized spacial score (nSPS) is 17.1. The van der Waals surface area contributed by atoms with E-state index in [0.717, 1.165) is 61.5 Å². The van der Waals surface area contributed by atoms with Crippen molar-refractivity contribution in [1.29, 1.82) is 0 Å². The van der Waals surface area contributed by atoms with Crippen molar-refractivity contribution in [3.63, 3.8) is 0 Å². The number of hydrogen-bond donors (Lipinski definition) is 0.